The van der Waals surface area contributed by atoms with E-state index in [1.54, 1.807) is 27.2 Å². The van der Waals surface area contributed by atoms with Crippen LogP contribution in [0.4, 0.5) is 0 Å². The maximum absolute atomic E-state index is 12.9. The zero-order valence-corrected chi connectivity index (χ0v) is 18.9. The van der Waals surface area contributed by atoms with Crippen molar-refractivity contribution in [3.8, 4) is 0 Å². The Morgan fingerprint density at radius 2 is 1.74 bits per heavy atom. The topological polar surface area (TPSA) is 97.2 Å². The van der Waals surface area contributed by atoms with E-state index < -0.39 is 10.0 Å². The SMILES string of the molecule is O=C(CCCn1nnc2cc(S(=O)(=O)N3CCCCC3)ccc21)NC1CCCCCC1. The smallest absolute Gasteiger partial charge is 0.243 e. The van der Waals surface area contributed by atoms with Crippen molar-refractivity contribution >= 4 is 27.0 Å². The minimum Gasteiger partial charge on any atom is -0.353 e. The summed E-state index contributed by atoms with van der Waals surface area (Å²) < 4.78 is 29.1. The Bertz CT molecular complexity index is 990. The number of piperidine rings is 1. The quantitative estimate of drug-likeness (QED) is 0.657. The summed E-state index contributed by atoms with van der Waals surface area (Å²) in [5.74, 6) is 0.103. The molecule has 2 aromatic rings. The lowest BCUT2D eigenvalue weighted by molar-refractivity contribution is -0.122. The fourth-order valence-electron chi connectivity index (χ4n) is 4.64. The highest BCUT2D eigenvalue weighted by molar-refractivity contribution is 7.89. The second kappa shape index (κ2) is 10.1. The lowest BCUT2D eigenvalue weighted by Crippen LogP contribution is -2.35. The molecule has 31 heavy (non-hydrogen) atoms. The van der Waals surface area contributed by atoms with Crippen LogP contribution in [0.1, 0.15) is 70.6 Å². The van der Waals surface area contributed by atoms with Gasteiger partial charge in [-0.2, -0.15) is 4.31 Å². The van der Waals surface area contributed by atoms with Crippen LogP contribution in [-0.4, -0.2) is 52.8 Å². The molecule has 2 fully saturated rings. The van der Waals surface area contributed by atoms with E-state index in [9.17, 15) is 13.2 Å². The Balaban J connectivity index is 1.34. The first-order chi connectivity index (χ1) is 15.0. The zero-order chi connectivity index (χ0) is 21.7. The number of carbonyl (C=O) groups excluding carboxylic acids is 1. The van der Waals surface area contributed by atoms with Crippen LogP contribution in [0.25, 0.3) is 11.0 Å². The molecule has 170 valence electrons. The number of hydrogen-bond donors (Lipinski definition) is 1. The maximum atomic E-state index is 12.9. The molecule has 0 radical (unpaired) electrons. The van der Waals surface area contributed by atoms with Crippen molar-refractivity contribution < 1.29 is 13.2 Å². The summed E-state index contributed by atoms with van der Waals surface area (Å²) in [5.41, 5.74) is 1.36. The Kier molecular flexibility index (Phi) is 7.22. The van der Waals surface area contributed by atoms with Gasteiger partial charge in [0.2, 0.25) is 15.9 Å². The van der Waals surface area contributed by atoms with Crippen LogP contribution in [0.3, 0.4) is 0 Å². The molecule has 0 unspecified atom stereocenters. The summed E-state index contributed by atoms with van der Waals surface area (Å²) in [6, 6.07) is 5.35. The van der Waals surface area contributed by atoms with Crippen LogP contribution < -0.4 is 5.32 Å². The summed E-state index contributed by atoms with van der Waals surface area (Å²) >= 11 is 0. The number of carbonyl (C=O) groups is 1. The van der Waals surface area contributed by atoms with Crippen molar-refractivity contribution in [3.05, 3.63) is 18.2 Å². The van der Waals surface area contributed by atoms with Crippen molar-refractivity contribution in [2.24, 2.45) is 0 Å². The standard InChI is InChI=1S/C22H33N5O3S/c28-22(23-18-9-4-1-2-5-10-18)11-8-16-27-21-13-12-19(17-20(21)24-25-27)31(29,30)26-14-6-3-7-15-26/h12-13,17-18H,1-11,14-16H2,(H,23,28). The summed E-state index contributed by atoms with van der Waals surface area (Å²) in [6.07, 6.45) is 11.1. The van der Waals surface area contributed by atoms with Crippen LogP contribution in [0.15, 0.2) is 23.1 Å². The molecule has 0 bridgehead atoms. The molecule has 1 saturated heterocycles. The maximum Gasteiger partial charge on any atom is 0.243 e. The van der Waals surface area contributed by atoms with Crippen molar-refractivity contribution in [3.63, 3.8) is 0 Å². The fraction of sp³-hybridized carbons (Fsp3) is 0.682. The molecule has 4 rings (SSSR count). The molecule has 2 heterocycles. The van der Waals surface area contributed by atoms with Gasteiger partial charge in [0.15, 0.2) is 0 Å². The number of aryl methyl sites for hydroxylation is 1. The molecule has 8 nitrogen and oxygen atoms in total. The first kappa shape index (κ1) is 22.2. The van der Waals surface area contributed by atoms with Crippen molar-refractivity contribution in [1.29, 1.82) is 0 Å². The molecule has 2 aliphatic rings. The number of benzene rings is 1. The van der Waals surface area contributed by atoms with Gasteiger partial charge in [-0.25, -0.2) is 13.1 Å². The number of fused-ring (bicyclic) bond motifs is 1. The summed E-state index contributed by atoms with van der Waals surface area (Å²) in [4.78, 5) is 12.6. The van der Waals surface area contributed by atoms with Gasteiger partial charge in [0.1, 0.15) is 5.52 Å². The number of nitrogens with one attached hydrogen (secondary N) is 1. The Morgan fingerprint density at radius 1 is 1.03 bits per heavy atom. The minimum atomic E-state index is -3.49. The number of aromatic nitrogens is 3. The van der Waals surface area contributed by atoms with Gasteiger partial charge in [0.25, 0.3) is 0 Å². The van der Waals surface area contributed by atoms with Gasteiger partial charge in [-0.3, -0.25) is 4.79 Å². The van der Waals surface area contributed by atoms with Crippen molar-refractivity contribution in [1.82, 2.24) is 24.6 Å². The van der Waals surface area contributed by atoms with E-state index in [1.807, 2.05) is 0 Å². The average Bonchev–Trinajstić information content (AvgIpc) is 3.00. The van der Waals surface area contributed by atoms with Gasteiger partial charge in [-0.15, -0.1) is 5.10 Å². The molecule has 0 spiro atoms. The van der Waals surface area contributed by atoms with E-state index in [4.69, 9.17) is 0 Å². The first-order valence-corrected chi connectivity index (χ1v) is 13.1. The van der Waals surface area contributed by atoms with E-state index in [0.717, 1.165) is 37.6 Å². The van der Waals surface area contributed by atoms with Crippen LogP contribution in [0.2, 0.25) is 0 Å². The molecule has 1 aliphatic carbocycles. The number of rotatable bonds is 7. The lowest BCUT2D eigenvalue weighted by Gasteiger charge is -2.25. The number of hydrogen-bond acceptors (Lipinski definition) is 5. The Labute approximate surface area is 184 Å². The van der Waals surface area contributed by atoms with Crippen LogP contribution >= 0.6 is 0 Å². The molecular formula is C22H33N5O3S. The van der Waals surface area contributed by atoms with Crippen LogP contribution in [0.5, 0.6) is 0 Å². The van der Waals surface area contributed by atoms with Gasteiger partial charge in [0, 0.05) is 32.1 Å². The molecule has 1 aromatic carbocycles. The Morgan fingerprint density at radius 3 is 2.48 bits per heavy atom. The van der Waals surface area contributed by atoms with Gasteiger partial charge in [-0.05, 0) is 50.3 Å². The van der Waals surface area contributed by atoms with Gasteiger partial charge >= 0.3 is 0 Å². The first-order valence-electron chi connectivity index (χ1n) is 11.7. The third kappa shape index (κ3) is 5.44. The van der Waals surface area contributed by atoms with E-state index in [1.165, 1.54) is 25.7 Å². The van der Waals surface area contributed by atoms with Crippen LogP contribution in [0, 0.1) is 0 Å². The zero-order valence-electron chi connectivity index (χ0n) is 18.1. The largest absolute Gasteiger partial charge is 0.353 e. The average molecular weight is 448 g/mol. The second-order valence-corrected chi connectivity index (χ2v) is 10.7. The Hall–Kier alpha value is -2.00. The van der Waals surface area contributed by atoms with Crippen LogP contribution in [-0.2, 0) is 21.4 Å². The minimum absolute atomic E-state index is 0.103. The molecular weight excluding hydrogens is 414 g/mol. The molecule has 1 saturated carbocycles. The lowest BCUT2D eigenvalue weighted by atomic mass is 10.1. The number of sulfonamides is 1. The van der Waals surface area contributed by atoms with Crippen molar-refractivity contribution in [2.45, 2.75) is 88.1 Å². The molecule has 0 atom stereocenters. The third-order valence-electron chi connectivity index (χ3n) is 6.43. The number of nitrogens with zero attached hydrogens (tertiary/aromatic N) is 4. The summed E-state index contributed by atoms with van der Waals surface area (Å²) in [7, 11) is -3.49. The highest BCUT2D eigenvalue weighted by atomic mass is 32.2. The van der Waals surface area contributed by atoms with Gasteiger partial charge in [-0.1, -0.05) is 37.3 Å². The van der Waals surface area contributed by atoms with E-state index >= 15 is 0 Å². The van der Waals surface area contributed by atoms with E-state index in [0.29, 0.717) is 44.0 Å². The number of amides is 1. The third-order valence-corrected chi connectivity index (χ3v) is 8.33. The fourth-order valence-corrected chi connectivity index (χ4v) is 6.18. The molecule has 1 aromatic heterocycles. The molecule has 9 heteroatoms. The summed E-state index contributed by atoms with van der Waals surface area (Å²) in [5, 5.41) is 11.5. The van der Waals surface area contributed by atoms with Crippen molar-refractivity contribution in [2.75, 3.05) is 13.1 Å². The second-order valence-electron chi connectivity index (χ2n) is 8.79. The van der Waals surface area contributed by atoms with E-state index in [-0.39, 0.29) is 10.8 Å². The molecule has 1 N–H and O–H groups in total. The summed E-state index contributed by atoms with van der Waals surface area (Å²) in [6.45, 7) is 1.73. The van der Waals surface area contributed by atoms with Gasteiger partial charge in [0.05, 0.1) is 10.4 Å². The predicted molar refractivity (Wildman–Crippen MR) is 119 cm³/mol. The molecule has 1 amide bonds. The highest BCUT2D eigenvalue weighted by Crippen LogP contribution is 2.23. The van der Waals surface area contributed by atoms with Gasteiger partial charge < -0.3 is 5.32 Å². The highest BCUT2D eigenvalue weighted by Gasteiger charge is 2.26. The molecule has 1 aliphatic heterocycles. The normalized spacial score (nSPS) is 19.4. The predicted octanol–water partition coefficient (Wildman–Crippen LogP) is 3.23. The van der Waals surface area contributed by atoms with E-state index in [2.05, 4.69) is 15.6 Å². The monoisotopic (exact) mass is 447 g/mol.